The molecular formula is C14H25BN4O2S. The molecule has 8 heteroatoms. The molecule has 0 aromatic rings. The minimum Gasteiger partial charge on any atom is -0.365 e. The van der Waals surface area contributed by atoms with E-state index in [1.165, 1.54) is 0 Å². The van der Waals surface area contributed by atoms with E-state index in [-0.39, 0.29) is 36.1 Å². The Morgan fingerprint density at radius 1 is 1.41 bits per heavy atom. The van der Waals surface area contributed by atoms with Gasteiger partial charge in [-0.05, 0) is 19.3 Å². The van der Waals surface area contributed by atoms with Gasteiger partial charge >= 0.3 is 0 Å². The first kappa shape index (κ1) is 18.9. The summed E-state index contributed by atoms with van der Waals surface area (Å²) in [7, 11) is 5.90. The molecule has 122 valence electrons. The van der Waals surface area contributed by atoms with Gasteiger partial charge in [0.15, 0.2) is 0 Å². The van der Waals surface area contributed by atoms with Gasteiger partial charge in [0.25, 0.3) is 0 Å². The van der Waals surface area contributed by atoms with Crippen LogP contribution in [0.2, 0.25) is 5.82 Å². The second-order valence-electron chi connectivity index (χ2n) is 6.13. The van der Waals surface area contributed by atoms with Crippen molar-refractivity contribution >= 4 is 36.9 Å². The monoisotopic (exact) mass is 324 g/mol. The maximum atomic E-state index is 12.0. The summed E-state index contributed by atoms with van der Waals surface area (Å²) in [5.41, 5.74) is 5.43. The lowest BCUT2D eigenvalue weighted by atomic mass is 9.87. The Labute approximate surface area is 139 Å². The number of carbonyl (C=O) groups excluding carboxylic acids is 2. The Bertz CT molecular complexity index is 431. The molecule has 0 aromatic carbocycles. The Balaban J connectivity index is 2.55. The quantitative estimate of drug-likeness (QED) is 0.456. The first-order valence-electron chi connectivity index (χ1n) is 7.59. The second-order valence-corrected chi connectivity index (χ2v) is 6.55. The van der Waals surface area contributed by atoms with Crippen LogP contribution in [0.3, 0.4) is 0 Å². The van der Waals surface area contributed by atoms with Crippen LogP contribution >= 0.6 is 12.2 Å². The summed E-state index contributed by atoms with van der Waals surface area (Å²) in [5.74, 6) is -0.355. The fourth-order valence-corrected chi connectivity index (χ4v) is 2.75. The molecule has 1 fully saturated rings. The fraction of sp³-hybridized carbons (Fsp3) is 0.786. The lowest BCUT2D eigenvalue weighted by Crippen LogP contribution is -2.52. The van der Waals surface area contributed by atoms with Crippen molar-refractivity contribution in [3.8, 4) is 0 Å². The van der Waals surface area contributed by atoms with Gasteiger partial charge in [-0.1, -0.05) is 31.9 Å². The molecular weight excluding hydrogens is 299 g/mol. The van der Waals surface area contributed by atoms with E-state index in [2.05, 4.69) is 10.6 Å². The standard InChI is InChI=1S/C14H25BN4O2S/c1-8(2)12(14(22)19-5-4-10(15)7-19)18-11(20)6-17-13(21)9(3)16/h8-10,12H,4-7,16H2,1-3H3,(H,17,21)(H,18,20)/t9-,10+,12-/m0/s1. The summed E-state index contributed by atoms with van der Waals surface area (Å²) < 4.78 is 0. The number of nitrogens with zero attached hydrogens (tertiary/aromatic N) is 1. The molecule has 0 unspecified atom stereocenters. The van der Waals surface area contributed by atoms with Crippen molar-refractivity contribution in [2.75, 3.05) is 19.6 Å². The Morgan fingerprint density at radius 2 is 2.05 bits per heavy atom. The van der Waals surface area contributed by atoms with E-state index >= 15 is 0 Å². The van der Waals surface area contributed by atoms with Gasteiger partial charge in [0.1, 0.15) is 4.99 Å². The molecule has 0 aliphatic carbocycles. The summed E-state index contributed by atoms with van der Waals surface area (Å²) >= 11 is 5.51. The van der Waals surface area contributed by atoms with Gasteiger partial charge in [-0.3, -0.25) is 9.59 Å². The molecule has 1 heterocycles. The lowest BCUT2D eigenvalue weighted by Gasteiger charge is -2.30. The van der Waals surface area contributed by atoms with Crippen LogP contribution < -0.4 is 16.4 Å². The topological polar surface area (TPSA) is 87.5 Å². The van der Waals surface area contributed by atoms with Crippen molar-refractivity contribution in [1.82, 2.24) is 15.5 Å². The number of rotatable bonds is 6. The third kappa shape index (κ3) is 5.57. The summed E-state index contributed by atoms with van der Waals surface area (Å²) in [6.07, 6.45) is 0.906. The zero-order valence-electron chi connectivity index (χ0n) is 13.5. The number of thiocarbonyl (C=S) groups is 1. The molecule has 4 N–H and O–H groups in total. The second kappa shape index (κ2) is 8.48. The molecule has 2 radical (unpaired) electrons. The lowest BCUT2D eigenvalue weighted by molar-refractivity contribution is -0.126. The van der Waals surface area contributed by atoms with Crippen LogP contribution in [-0.2, 0) is 9.59 Å². The van der Waals surface area contributed by atoms with Crippen molar-refractivity contribution < 1.29 is 9.59 Å². The van der Waals surface area contributed by atoms with Crippen LogP contribution in [0.4, 0.5) is 0 Å². The first-order valence-corrected chi connectivity index (χ1v) is 8.00. The molecule has 1 rings (SSSR count). The van der Waals surface area contributed by atoms with Gasteiger partial charge in [0.2, 0.25) is 11.8 Å². The highest BCUT2D eigenvalue weighted by molar-refractivity contribution is 7.80. The van der Waals surface area contributed by atoms with Gasteiger partial charge in [0.05, 0.1) is 26.5 Å². The number of hydrogen-bond donors (Lipinski definition) is 3. The minimum absolute atomic E-state index is 0.105. The van der Waals surface area contributed by atoms with Crippen LogP contribution in [0.15, 0.2) is 0 Å². The molecule has 1 aliphatic rings. The van der Waals surface area contributed by atoms with Crippen molar-refractivity contribution in [1.29, 1.82) is 0 Å². The van der Waals surface area contributed by atoms with Gasteiger partial charge in [-0.25, -0.2) is 0 Å². The summed E-state index contributed by atoms with van der Waals surface area (Å²) in [6, 6.07) is -0.888. The molecule has 1 saturated heterocycles. The molecule has 22 heavy (non-hydrogen) atoms. The number of hydrogen-bond acceptors (Lipinski definition) is 4. The third-order valence-corrected chi connectivity index (χ3v) is 4.13. The molecule has 2 amide bonds. The van der Waals surface area contributed by atoms with Gasteiger partial charge in [0, 0.05) is 13.1 Å². The van der Waals surface area contributed by atoms with E-state index in [1.54, 1.807) is 6.92 Å². The number of nitrogens with one attached hydrogen (secondary N) is 2. The average molecular weight is 324 g/mol. The number of likely N-dealkylation sites (tertiary alicyclic amines) is 1. The summed E-state index contributed by atoms with van der Waals surface area (Å²) in [4.78, 5) is 26.1. The van der Waals surface area contributed by atoms with Crippen LogP contribution in [-0.4, -0.2) is 61.3 Å². The highest BCUT2D eigenvalue weighted by Gasteiger charge is 2.28. The van der Waals surface area contributed by atoms with Gasteiger partial charge in [-0.2, -0.15) is 0 Å². The van der Waals surface area contributed by atoms with Gasteiger partial charge < -0.3 is 21.3 Å². The smallest absolute Gasteiger partial charge is 0.239 e. The predicted molar refractivity (Wildman–Crippen MR) is 91.7 cm³/mol. The van der Waals surface area contributed by atoms with Crippen molar-refractivity contribution in [2.45, 2.75) is 45.1 Å². The van der Waals surface area contributed by atoms with E-state index in [0.717, 1.165) is 19.5 Å². The predicted octanol–water partition coefficient (Wildman–Crippen LogP) is -0.419. The largest absolute Gasteiger partial charge is 0.365 e. The van der Waals surface area contributed by atoms with E-state index in [9.17, 15) is 9.59 Å². The van der Waals surface area contributed by atoms with Crippen molar-refractivity contribution in [2.24, 2.45) is 11.7 Å². The summed E-state index contributed by atoms with van der Waals surface area (Å²) in [6.45, 7) is 6.99. The van der Waals surface area contributed by atoms with E-state index in [1.807, 2.05) is 18.7 Å². The molecule has 6 nitrogen and oxygen atoms in total. The molecule has 0 aromatic heterocycles. The van der Waals surface area contributed by atoms with E-state index in [4.69, 9.17) is 25.8 Å². The van der Waals surface area contributed by atoms with E-state index < -0.39 is 6.04 Å². The van der Waals surface area contributed by atoms with Crippen LogP contribution in [0.1, 0.15) is 27.2 Å². The zero-order chi connectivity index (χ0) is 16.9. The van der Waals surface area contributed by atoms with Crippen LogP contribution in [0.5, 0.6) is 0 Å². The van der Waals surface area contributed by atoms with Crippen molar-refractivity contribution in [3.63, 3.8) is 0 Å². The average Bonchev–Trinajstić information content (AvgIpc) is 2.87. The first-order chi connectivity index (χ1) is 10.2. The number of amides is 2. The van der Waals surface area contributed by atoms with Gasteiger partial charge in [-0.15, -0.1) is 0 Å². The molecule has 3 atom stereocenters. The third-order valence-electron chi connectivity index (χ3n) is 3.62. The highest BCUT2D eigenvalue weighted by atomic mass is 32.1. The zero-order valence-corrected chi connectivity index (χ0v) is 14.3. The summed E-state index contributed by atoms with van der Waals surface area (Å²) in [5, 5.41) is 5.37. The Kier molecular flexibility index (Phi) is 7.28. The maximum absolute atomic E-state index is 12.0. The van der Waals surface area contributed by atoms with Crippen LogP contribution in [0, 0.1) is 5.92 Å². The van der Waals surface area contributed by atoms with Crippen LogP contribution in [0.25, 0.3) is 0 Å². The van der Waals surface area contributed by atoms with Crippen molar-refractivity contribution in [3.05, 3.63) is 0 Å². The Hall–Kier alpha value is -1.15. The number of nitrogens with two attached hydrogens (primary N) is 1. The molecule has 0 spiro atoms. The highest BCUT2D eigenvalue weighted by Crippen LogP contribution is 2.20. The maximum Gasteiger partial charge on any atom is 0.239 e. The molecule has 0 bridgehead atoms. The molecule has 0 saturated carbocycles. The molecule has 1 aliphatic heterocycles. The SMILES string of the molecule is [B][C@@H]1CCN(C(=S)[C@@H](NC(=O)CNC(=O)[C@H](C)N)C(C)C)C1. The normalized spacial score (nSPS) is 20.6. The Morgan fingerprint density at radius 3 is 2.50 bits per heavy atom. The fourth-order valence-electron chi connectivity index (χ4n) is 2.25. The van der Waals surface area contributed by atoms with E-state index in [0.29, 0.717) is 4.99 Å². The minimum atomic E-state index is -0.638. The number of carbonyl (C=O) groups is 2.